The highest BCUT2D eigenvalue weighted by atomic mass is 35.5. The molecule has 7 aromatic rings. The highest BCUT2D eigenvalue weighted by molar-refractivity contribution is 7.13. The number of methoxy groups -OCH3 is 2. The van der Waals surface area contributed by atoms with E-state index in [2.05, 4.69) is 25.5 Å². The van der Waals surface area contributed by atoms with Crippen molar-refractivity contribution in [2.75, 3.05) is 76.6 Å². The highest BCUT2D eigenvalue weighted by Gasteiger charge is 2.47. The van der Waals surface area contributed by atoms with Crippen molar-refractivity contribution >= 4 is 69.3 Å². The molecule has 4 aromatic carbocycles. The summed E-state index contributed by atoms with van der Waals surface area (Å²) in [5, 5.41) is 16.5. The number of benzene rings is 4. The average Bonchev–Trinajstić information content (AvgIpc) is 1.35. The van der Waals surface area contributed by atoms with Crippen LogP contribution < -0.4 is 34.6 Å². The van der Waals surface area contributed by atoms with Crippen molar-refractivity contribution in [3.05, 3.63) is 135 Å². The number of carbonyl (C=O) groups is 4. The largest absolute Gasteiger partial charge is 0.497 e. The summed E-state index contributed by atoms with van der Waals surface area (Å²) in [5.74, 6) is -0.876. The van der Waals surface area contributed by atoms with E-state index in [0.717, 1.165) is 52.2 Å². The lowest BCUT2D eigenvalue weighted by molar-refractivity contribution is -0.144. The van der Waals surface area contributed by atoms with Gasteiger partial charge in [-0.2, -0.15) is 23.1 Å². The molecule has 3 N–H and O–H groups in total. The zero-order chi connectivity index (χ0) is 73.8. The average molecular weight is 1460 g/mol. The zero-order valence-corrected chi connectivity index (χ0v) is 61.7. The number of rotatable bonds is 25. The Morgan fingerprint density at radius 1 is 0.825 bits per heavy atom. The second-order valence-corrected chi connectivity index (χ2v) is 30.5. The molecule has 11 rings (SSSR count). The molecule has 0 radical (unpaired) electrons. The fourth-order valence-corrected chi connectivity index (χ4v) is 15.4. The molecule has 0 spiro atoms. The van der Waals surface area contributed by atoms with E-state index in [9.17, 15) is 24.3 Å². The van der Waals surface area contributed by atoms with E-state index in [0.29, 0.717) is 43.9 Å². The third-order valence-corrected chi connectivity index (χ3v) is 20.8. The van der Waals surface area contributed by atoms with Crippen LogP contribution in [0.1, 0.15) is 133 Å². The molecule has 0 aliphatic carbocycles. The second kappa shape index (κ2) is 31.9. The van der Waals surface area contributed by atoms with Gasteiger partial charge in [-0.3, -0.25) is 24.2 Å². The fourth-order valence-electron chi connectivity index (χ4n) is 14.3. The summed E-state index contributed by atoms with van der Waals surface area (Å²) < 4.78 is 94.5. The molecule has 4 aliphatic heterocycles. The van der Waals surface area contributed by atoms with Gasteiger partial charge in [-0.05, 0) is 150 Å². The summed E-state index contributed by atoms with van der Waals surface area (Å²) in [6.07, 6.45) is -2.94. The number of piperazine rings is 1. The fraction of sp³-hybridized carbons (Fsp3) is 0.500. The Balaban J connectivity index is 0.779. The van der Waals surface area contributed by atoms with Crippen molar-refractivity contribution in [3.8, 4) is 39.2 Å². The quantitative estimate of drug-likeness (QED) is 0.0357. The second-order valence-electron chi connectivity index (χ2n) is 29.3. The Hall–Kier alpha value is -8.43. The topological polar surface area (TPSA) is 226 Å². The van der Waals surface area contributed by atoms with Gasteiger partial charge in [0, 0.05) is 70.1 Å². The molecule has 4 amide bonds. The summed E-state index contributed by atoms with van der Waals surface area (Å²) >= 11 is 8.71. The minimum absolute atomic E-state index is 0.0460. The van der Waals surface area contributed by atoms with Crippen LogP contribution in [0, 0.1) is 25.1 Å². The molecule has 4 saturated heterocycles. The number of aliphatic hydroxyl groups is 1. The molecule has 2 bridgehead atoms. The van der Waals surface area contributed by atoms with E-state index >= 15 is 17.6 Å². The monoisotopic (exact) mass is 1460 g/mol. The molecule has 21 nitrogen and oxygen atoms in total. The van der Waals surface area contributed by atoms with Crippen LogP contribution in [0.5, 0.6) is 17.5 Å². The number of ether oxygens (including phenoxy) is 5. The molecule has 552 valence electrons. The standard InChI is InChI=1S/C76H92ClF4N11O10S/c1-44-34-60(89(37-47-15-25-55(98-10)26-16-47)38-48-17-27-56(99-11)28-18-48)84-66(63(44)76(79,80)81)62-58(77)36-57-65(64(62)78)86-72(87-69(57)90-39-51-23-24-52(40-90)92(51)73(97)102-75(7,8)9)101-42-53-14-12-30-88(53)31-13-32-100-33-29-61(94)85-68(74(4,5)6)71(96)91-41-54(93)35-59(91)70(95)83-45(2)49-19-21-50(22-20-49)67-46(3)82-43-103-67/h15-22,25-28,34,36,43,45,51-54,59,68,93H,12-14,23-24,29-33,35,37-42H2,1-11H3,(H,83,95)(H,85,94)/t45-,51?,52?,53-,54+,59-,68+/m0/s1. The van der Waals surface area contributed by atoms with Crippen molar-refractivity contribution in [3.63, 3.8) is 0 Å². The van der Waals surface area contributed by atoms with Gasteiger partial charge in [-0.15, -0.1) is 11.3 Å². The van der Waals surface area contributed by atoms with Gasteiger partial charge in [0.1, 0.15) is 52.9 Å². The maximum atomic E-state index is 18.3. The Morgan fingerprint density at radius 2 is 1.48 bits per heavy atom. The van der Waals surface area contributed by atoms with E-state index < -0.39 is 87.9 Å². The number of carbonyl (C=O) groups excluding carboxylic acids is 4. The molecule has 27 heteroatoms. The number of aryl methyl sites for hydroxylation is 2. The number of alkyl halides is 3. The van der Waals surface area contributed by atoms with Crippen LogP contribution >= 0.6 is 22.9 Å². The lowest BCUT2D eigenvalue weighted by Crippen LogP contribution is -2.58. The molecule has 3 aromatic heterocycles. The Bertz CT molecular complexity index is 4110. The van der Waals surface area contributed by atoms with Crippen LogP contribution in [0.4, 0.5) is 34.0 Å². The summed E-state index contributed by atoms with van der Waals surface area (Å²) in [7, 11) is 3.10. The van der Waals surface area contributed by atoms with Crippen molar-refractivity contribution in [1.82, 2.24) is 45.3 Å². The van der Waals surface area contributed by atoms with Crippen LogP contribution in [-0.4, -0.2) is 172 Å². The first kappa shape index (κ1) is 75.7. The minimum atomic E-state index is -5.02. The van der Waals surface area contributed by atoms with Crippen molar-refractivity contribution in [2.45, 2.75) is 174 Å². The number of nitrogens with one attached hydrogen (secondary N) is 2. The zero-order valence-electron chi connectivity index (χ0n) is 60.2. The van der Waals surface area contributed by atoms with Gasteiger partial charge in [-0.1, -0.05) is 80.9 Å². The SMILES string of the molecule is COc1ccc(CN(Cc2ccc(OC)cc2)c2cc(C)c(C(F)(F)F)c(-c3c(Cl)cc4c(N5CC6CCC(C5)N6C(=O)OC(C)(C)C)nc(OC[C@@H]5CCCN5CCCOCCC(=O)N[C@H](C(=O)N5C[C@H](O)C[C@H]5C(=O)N[C@@H](C)c5ccc(-c6scnc6C)cc5)C(C)(C)C)nc4c3F)n2)cc1. The predicted molar refractivity (Wildman–Crippen MR) is 387 cm³/mol. The molecule has 0 saturated carbocycles. The van der Waals surface area contributed by atoms with E-state index in [1.807, 2.05) is 88.0 Å². The smallest absolute Gasteiger partial charge is 0.418 e. The number of thiazole rings is 1. The maximum Gasteiger partial charge on any atom is 0.418 e. The number of fused-ring (bicyclic) bond motifs is 3. The summed E-state index contributed by atoms with van der Waals surface area (Å²) in [6, 6.07) is 21.8. The lowest BCUT2D eigenvalue weighted by atomic mass is 9.85. The van der Waals surface area contributed by atoms with E-state index in [1.165, 1.54) is 24.0 Å². The number of hydrogen-bond donors (Lipinski definition) is 3. The number of nitrogens with zero attached hydrogens (tertiary/aromatic N) is 9. The molecular formula is C76H92ClF4N11O10S. The number of aliphatic hydroxyl groups excluding tert-OH is 1. The summed E-state index contributed by atoms with van der Waals surface area (Å²) in [4.78, 5) is 84.4. The number of aromatic nitrogens is 4. The molecule has 4 aliphatic rings. The molecular weight excluding hydrogens is 1370 g/mol. The lowest BCUT2D eigenvalue weighted by Gasteiger charge is -2.42. The van der Waals surface area contributed by atoms with Crippen molar-refractivity contribution in [1.29, 1.82) is 0 Å². The number of likely N-dealkylation sites (tertiary alicyclic amines) is 2. The maximum absolute atomic E-state index is 18.3. The van der Waals surface area contributed by atoms with E-state index in [1.54, 1.807) is 85.9 Å². The van der Waals surface area contributed by atoms with Crippen molar-refractivity contribution < 1.29 is 65.5 Å². The van der Waals surface area contributed by atoms with Crippen molar-refractivity contribution in [2.24, 2.45) is 5.41 Å². The number of pyridine rings is 1. The summed E-state index contributed by atoms with van der Waals surface area (Å²) in [5.41, 5.74) is 1.63. The van der Waals surface area contributed by atoms with Crippen LogP contribution in [-0.2, 0) is 43.1 Å². The van der Waals surface area contributed by atoms with Crippen LogP contribution in [0.15, 0.2) is 90.4 Å². The number of halogens is 5. The number of amides is 4. The number of hydrogen-bond acceptors (Lipinski definition) is 18. The van der Waals surface area contributed by atoms with E-state index in [-0.39, 0.29) is 116 Å². The number of β-amino-alcohol motifs (C(OH)–C–C–N with tert-alkyl or cyclic N) is 1. The Labute approximate surface area is 607 Å². The first-order valence-corrected chi connectivity index (χ1v) is 36.3. The van der Waals surface area contributed by atoms with Gasteiger partial charge in [0.25, 0.3) is 0 Å². The van der Waals surface area contributed by atoms with Gasteiger partial charge in [0.15, 0.2) is 5.82 Å². The van der Waals surface area contributed by atoms with Crippen LogP contribution in [0.3, 0.4) is 0 Å². The first-order chi connectivity index (χ1) is 48.9. The molecule has 2 unspecified atom stereocenters. The highest BCUT2D eigenvalue weighted by Crippen LogP contribution is 2.47. The van der Waals surface area contributed by atoms with Gasteiger partial charge in [-0.25, -0.2) is 19.2 Å². The third-order valence-electron chi connectivity index (χ3n) is 19.5. The van der Waals surface area contributed by atoms with Gasteiger partial charge in [0.05, 0.1) is 83.0 Å². The van der Waals surface area contributed by atoms with E-state index in [4.69, 9.17) is 45.3 Å². The first-order valence-electron chi connectivity index (χ1n) is 35.0. The Morgan fingerprint density at radius 3 is 2.07 bits per heavy atom. The molecule has 103 heavy (non-hydrogen) atoms. The third kappa shape index (κ3) is 17.9. The normalized spacial score (nSPS) is 19.2. The molecule has 7 heterocycles. The number of anilines is 2. The van der Waals surface area contributed by atoms with Crippen LogP contribution in [0.25, 0.3) is 32.6 Å². The Kier molecular flexibility index (Phi) is 23.4. The molecule has 4 fully saturated rings. The van der Waals surface area contributed by atoms with Crippen LogP contribution in [0.2, 0.25) is 5.02 Å². The van der Waals surface area contributed by atoms with Gasteiger partial charge in [0.2, 0.25) is 17.7 Å². The van der Waals surface area contributed by atoms with Gasteiger partial charge >= 0.3 is 18.3 Å². The molecule has 7 atom stereocenters. The minimum Gasteiger partial charge on any atom is -0.497 e. The predicted octanol–water partition coefficient (Wildman–Crippen LogP) is 13.1. The van der Waals surface area contributed by atoms with Gasteiger partial charge < -0.3 is 54.1 Å². The summed E-state index contributed by atoms with van der Waals surface area (Å²) in [6.45, 7) is 18.6.